The fraction of sp³-hybridized carbons (Fsp3) is 0.429. The van der Waals surface area contributed by atoms with E-state index in [4.69, 9.17) is 10.3 Å². The molecule has 0 saturated heterocycles. The van der Waals surface area contributed by atoms with Crippen LogP contribution in [0.2, 0.25) is 0 Å². The summed E-state index contributed by atoms with van der Waals surface area (Å²) < 4.78 is 9.42. The van der Waals surface area contributed by atoms with Crippen molar-refractivity contribution < 1.29 is 9.15 Å². The molecular weight excluding hydrogens is 200 g/mol. The second-order valence-electron chi connectivity index (χ2n) is 3.25. The van der Waals surface area contributed by atoms with E-state index in [1.807, 2.05) is 19.0 Å². The predicted molar refractivity (Wildman–Crippen MR) is 49.4 cm³/mol. The SMILES string of the molecule is CN(C)Cc1nc(-c2nonc2N)no1. The number of hydrogen-bond acceptors (Lipinski definition) is 8. The van der Waals surface area contributed by atoms with Crippen LogP contribution < -0.4 is 5.73 Å². The summed E-state index contributed by atoms with van der Waals surface area (Å²) in [5.41, 5.74) is 5.78. The smallest absolute Gasteiger partial charge is 0.241 e. The summed E-state index contributed by atoms with van der Waals surface area (Å²) in [6.45, 7) is 0.554. The van der Waals surface area contributed by atoms with Crippen LogP contribution in [-0.2, 0) is 6.54 Å². The summed E-state index contributed by atoms with van der Waals surface area (Å²) in [7, 11) is 3.80. The molecule has 0 unspecified atom stereocenters. The van der Waals surface area contributed by atoms with Gasteiger partial charge >= 0.3 is 0 Å². The van der Waals surface area contributed by atoms with Crippen molar-refractivity contribution in [2.45, 2.75) is 6.54 Å². The third-order valence-electron chi connectivity index (χ3n) is 1.65. The Kier molecular flexibility index (Phi) is 2.34. The van der Waals surface area contributed by atoms with Gasteiger partial charge in [0.05, 0.1) is 6.54 Å². The number of nitrogen functional groups attached to an aromatic ring is 1. The van der Waals surface area contributed by atoms with Crippen molar-refractivity contribution in [3.8, 4) is 11.5 Å². The Hall–Kier alpha value is -1.96. The zero-order valence-corrected chi connectivity index (χ0v) is 8.34. The molecule has 80 valence electrons. The Morgan fingerprint density at radius 1 is 1.27 bits per heavy atom. The average Bonchev–Trinajstić information content (AvgIpc) is 2.72. The highest BCUT2D eigenvalue weighted by atomic mass is 16.6. The van der Waals surface area contributed by atoms with Crippen LogP contribution >= 0.6 is 0 Å². The van der Waals surface area contributed by atoms with Gasteiger partial charge in [-0.1, -0.05) is 5.16 Å². The van der Waals surface area contributed by atoms with Gasteiger partial charge in [0.25, 0.3) is 0 Å². The Balaban J connectivity index is 2.24. The number of rotatable bonds is 3. The Morgan fingerprint density at radius 3 is 2.67 bits per heavy atom. The van der Waals surface area contributed by atoms with Crippen molar-refractivity contribution in [2.24, 2.45) is 0 Å². The predicted octanol–water partition coefficient (Wildman–Crippen LogP) is -0.237. The summed E-state index contributed by atoms with van der Waals surface area (Å²) in [5.74, 6) is 0.912. The zero-order chi connectivity index (χ0) is 10.8. The Labute approximate surface area is 85.0 Å². The van der Waals surface area contributed by atoms with E-state index in [0.29, 0.717) is 18.1 Å². The first kappa shape index (κ1) is 9.59. The minimum absolute atomic E-state index is 0.146. The maximum absolute atomic E-state index is 5.48. The van der Waals surface area contributed by atoms with Gasteiger partial charge in [-0.15, -0.1) is 0 Å². The third kappa shape index (κ3) is 1.94. The van der Waals surface area contributed by atoms with Gasteiger partial charge in [0.2, 0.25) is 11.7 Å². The van der Waals surface area contributed by atoms with Crippen molar-refractivity contribution >= 4 is 5.82 Å². The first-order valence-electron chi connectivity index (χ1n) is 4.22. The number of anilines is 1. The molecule has 0 atom stereocenters. The van der Waals surface area contributed by atoms with E-state index in [1.165, 1.54) is 0 Å². The highest BCUT2D eigenvalue weighted by molar-refractivity contribution is 5.61. The molecule has 8 nitrogen and oxygen atoms in total. The Morgan fingerprint density at radius 2 is 2.07 bits per heavy atom. The van der Waals surface area contributed by atoms with Gasteiger partial charge in [-0.25, -0.2) is 4.63 Å². The average molecular weight is 210 g/mol. The van der Waals surface area contributed by atoms with Crippen molar-refractivity contribution in [1.82, 2.24) is 25.4 Å². The first-order chi connectivity index (χ1) is 7.16. The van der Waals surface area contributed by atoms with E-state index >= 15 is 0 Å². The minimum Gasteiger partial charge on any atom is -0.379 e. The third-order valence-corrected chi connectivity index (χ3v) is 1.65. The maximum atomic E-state index is 5.48. The van der Waals surface area contributed by atoms with Crippen LogP contribution in [-0.4, -0.2) is 39.4 Å². The van der Waals surface area contributed by atoms with E-state index < -0.39 is 0 Å². The highest BCUT2D eigenvalue weighted by Crippen LogP contribution is 2.18. The Bertz CT molecular complexity index is 448. The summed E-state index contributed by atoms with van der Waals surface area (Å²) in [6.07, 6.45) is 0. The van der Waals surface area contributed by atoms with Crippen molar-refractivity contribution in [3.63, 3.8) is 0 Å². The lowest BCUT2D eigenvalue weighted by Crippen LogP contribution is -2.10. The summed E-state index contributed by atoms with van der Waals surface area (Å²) >= 11 is 0. The van der Waals surface area contributed by atoms with Gasteiger partial charge in [-0.05, 0) is 24.4 Å². The van der Waals surface area contributed by atoms with E-state index in [-0.39, 0.29) is 11.6 Å². The van der Waals surface area contributed by atoms with Gasteiger partial charge in [-0.3, -0.25) is 0 Å². The fourth-order valence-electron chi connectivity index (χ4n) is 1.04. The highest BCUT2D eigenvalue weighted by Gasteiger charge is 2.16. The molecule has 0 fully saturated rings. The standard InChI is InChI=1S/C7H10N6O2/c1-13(2)3-4-9-7(12-14-4)5-6(8)11-15-10-5/h3H2,1-2H3,(H2,8,11). The molecule has 0 spiro atoms. The molecule has 0 aliphatic heterocycles. The van der Waals surface area contributed by atoms with Gasteiger partial charge in [0.15, 0.2) is 11.5 Å². The molecule has 2 aromatic heterocycles. The van der Waals surface area contributed by atoms with Crippen LogP contribution in [0.5, 0.6) is 0 Å². The van der Waals surface area contributed by atoms with Crippen LogP contribution in [0.15, 0.2) is 9.15 Å². The minimum atomic E-state index is 0.146. The summed E-state index contributed by atoms with van der Waals surface area (Å²) in [4.78, 5) is 6.00. The number of aromatic nitrogens is 4. The number of nitrogens with two attached hydrogens (primary N) is 1. The molecule has 2 rings (SSSR count). The molecule has 2 N–H and O–H groups in total. The second-order valence-corrected chi connectivity index (χ2v) is 3.25. The lowest BCUT2D eigenvalue weighted by Gasteiger charge is -2.02. The fourth-order valence-corrected chi connectivity index (χ4v) is 1.04. The molecule has 0 radical (unpaired) electrons. The van der Waals surface area contributed by atoms with Crippen molar-refractivity contribution in [2.75, 3.05) is 19.8 Å². The lowest BCUT2D eigenvalue weighted by molar-refractivity contribution is 0.302. The van der Waals surface area contributed by atoms with Crippen LogP contribution in [0.4, 0.5) is 5.82 Å². The zero-order valence-electron chi connectivity index (χ0n) is 8.34. The molecule has 2 heterocycles. The van der Waals surface area contributed by atoms with Crippen LogP contribution in [0, 0.1) is 0 Å². The summed E-state index contributed by atoms with van der Waals surface area (Å²) in [5, 5.41) is 10.7. The van der Waals surface area contributed by atoms with Gasteiger partial charge < -0.3 is 15.2 Å². The molecule has 2 aromatic rings. The normalized spacial score (nSPS) is 11.1. The van der Waals surface area contributed by atoms with E-state index in [1.54, 1.807) is 0 Å². The molecule has 8 heteroatoms. The number of hydrogen-bond donors (Lipinski definition) is 1. The van der Waals surface area contributed by atoms with E-state index in [9.17, 15) is 0 Å². The van der Waals surface area contributed by atoms with Crippen LogP contribution in [0.25, 0.3) is 11.5 Å². The maximum Gasteiger partial charge on any atom is 0.241 e. The van der Waals surface area contributed by atoms with Gasteiger partial charge in [0, 0.05) is 0 Å². The van der Waals surface area contributed by atoms with E-state index in [0.717, 1.165) is 0 Å². The molecule has 0 aromatic carbocycles. The molecule has 0 aliphatic rings. The quantitative estimate of drug-likeness (QED) is 0.739. The van der Waals surface area contributed by atoms with Gasteiger partial charge in [-0.2, -0.15) is 4.98 Å². The van der Waals surface area contributed by atoms with Crippen molar-refractivity contribution in [3.05, 3.63) is 5.89 Å². The first-order valence-corrected chi connectivity index (χ1v) is 4.22. The van der Waals surface area contributed by atoms with Crippen LogP contribution in [0.1, 0.15) is 5.89 Å². The number of nitrogens with zero attached hydrogens (tertiary/aromatic N) is 5. The largest absolute Gasteiger partial charge is 0.379 e. The van der Waals surface area contributed by atoms with Crippen molar-refractivity contribution in [1.29, 1.82) is 0 Å². The van der Waals surface area contributed by atoms with Crippen LogP contribution in [0.3, 0.4) is 0 Å². The molecule has 0 saturated carbocycles. The monoisotopic (exact) mass is 210 g/mol. The topological polar surface area (TPSA) is 107 Å². The molecule has 15 heavy (non-hydrogen) atoms. The molecule has 0 bridgehead atoms. The second kappa shape index (κ2) is 3.65. The molecule has 0 amide bonds. The molecule has 0 aliphatic carbocycles. The van der Waals surface area contributed by atoms with E-state index in [2.05, 4.69) is 25.1 Å². The van der Waals surface area contributed by atoms with Gasteiger partial charge in [0.1, 0.15) is 0 Å². The summed E-state index contributed by atoms with van der Waals surface area (Å²) in [6, 6.07) is 0. The molecular formula is C7H10N6O2. The lowest BCUT2D eigenvalue weighted by atomic mass is 10.4.